The highest BCUT2D eigenvalue weighted by Gasteiger charge is 2.36. The van der Waals surface area contributed by atoms with Crippen LogP contribution in [-0.2, 0) is 26.7 Å². The highest BCUT2D eigenvalue weighted by Crippen LogP contribution is 2.41. The van der Waals surface area contributed by atoms with Crippen LogP contribution in [0.15, 0.2) is 22.7 Å². The fourth-order valence-electron chi connectivity index (χ4n) is 4.36. The first-order chi connectivity index (χ1) is 14.4. The number of aliphatic hydroxyl groups is 1. The maximum Gasteiger partial charge on any atom is 0.212 e. The van der Waals surface area contributed by atoms with Crippen LogP contribution in [0.25, 0.3) is 0 Å². The molecule has 0 amide bonds. The largest absolute Gasteiger partial charge is 0.384 e. The van der Waals surface area contributed by atoms with Crippen LogP contribution in [0.3, 0.4) is 0 Å². The molecule has 1 aromatic carbocycles. The van der Waals surface area contributed by atoms with Gasteiger partial charge in [0.2, 0.25) is 14.2 Å². The molecule has 1 saturated carbocycles. The van der Waals surface area contributed by atoms with E-state index in [0.29, 0.717) is 28.8 Å². The van der Waals surface area contributed by atoms with Crippen molar-refractivity contribution in [2.24, 2.45) is 0 Å². The Kier molecular flexibility index (Phi) is 7.03. The first-order valence-corrected chi connectivity index (χ1v) is 13.2. The van der Waals surface area contributed by atoms with Crippen molar-refractivity contribution >= 4 is 27.0 Å². The number of benzene rings is 1. The molecule has 1 fully saturated rings. The minimum absolute atomic E-state index is 0.0752. The Morgan fingerprint density at radius 1 is 1.19 bits per heavy atom. The quantitative estimate of drug-likeness (QED) is 0.598. The number of rotatable bonds is 8. The Labute approximate surface area is 187 Å². The van der Waals surface area contributed by atoms with Gasteiger partial charge in [-0.2, -0.15) is 0 Å². The minimum Gasteiger partial charge on any atom is -0.384 e. The second-order valence-corrected chi connectivity index (χ2v) is 12.2. The summed E-state index contributed by atoms with van der Waals surface area (Å²) in [6.07, 6.45) is 4.22. The van der Waals surface area contributed by atoms with Gasteiger partial charge in [-0.1, -0.05) is 46.6 Å². The van der Waals surface area contributed by atoms with Gasteiger partial charge in [0.15, 0.2) is 5.78 Å². The number of sulfone groups is 1. The van der Waals surface area contributed by atoms with Gasteiger partial charge in [0.05, 0.1) is 4.88 Å². The van der Waals surface area contributed by atoms with Crippen molar-refractivity contribution in [2.75, 3.05) is 5.75 Å². The van der Waals surface area contributed by atoms with Crippen LogP contribution in [0.4, 0.5) is 4.39 Å². The summed E-state index contributed by atoms with van der Waals surface area (Å²) in [5, 5.41) is 10.7. The molecule has 1 N–H and O–H groups in total. The Hall–Kier alpha value is -1.64. The zero-order valence-corrected chi connectivity index (χ0v) is 20.1. The van der Waals surface area contributed by atoms with E-state index in [-0.39, 0.29) is 28.4 Å². The molecule has 0 unspecified atom stereocenters. The molecule has 0 bridgehead atoms. The molecule has 1 aromatic heterocycles. The molecule has 0 atom stereocenters. The molecule has 8 heteroatoms. The van der Waals surface area contributed by atoms with Gasteiger partial charge in [0.25, 0.3) is 0 Å². The Morgan fingerprint density at radius 3 is 2.42 bits per heavy atom. The van der Waals surface area contributed by atoms with E-state index in [1.165, 1.54) is 12.3 Å². The van der Waals surface area contributed by atoms with E-state index in [4.69, 9.17) is 0 Å². The van der Waals surface area contributed by atoms with Crippen LogP contribution >= 0.6 is 11.3 Å². The highest BCUT2D eigenvalue weighted by molar-refractivity contribution is 7.94. The fourth-order valence-corrected chi connectivity index (χ4v) is 6.97. The van der Waals surface area contributed by atoms with Crippen molar-refractivity contribution in [1.29, 1.82) is 0 Å². The molecule has 31 heavy (non-hydrogen) atoms. The molecule has 5 nitrogen and oxygen atoms in total. The van der Waals surface area contributed by atoms with Gasteiger partial charge < -0.3 is 5.11 Å². The summed E-state index contributed by atoms with van der Waals surface area (Å²) in [6, 6.07) is 3.10. The predicted molar refractivity (Wildman–Crippen MR) is 120 cm³/mol. The molecule has 1 aliphatic carbocycles. The molecular weight excluding hydrogens is 437 g/mol. The van der Waals surface area contributed by atoms with Crippen LogP contribution in [0.1, 0.15) is 86.8 Å². The fraction of sp³-hybridized carbons (Fsp3) is 0.565. The van der Waals surface area contributed by atoms with E-state index < -0.39 is 27.0 Å². The third-order valence-electron chi connectivity index (χ3n) is 5.90. The molecule has 0 spiro atoms. The van der Waals surface area contributed by atoms with Gasteiger partial charge in [-0.15, -0.1) is 11.3 Å². The van der Waals surface area contributed by atoms with Crippen molar-refractivity contribution in [3.63, 3.8) is 0 Å². The molecule has 1 aliphatic rings. The second kappa shape index (κ2) is 9.08. The standard InChI is InChI=1S/C23H30FNO4S2/c1-14(2)17-7-8-19(24)21(15(3)4)18(17)11-16(26)13-31(28,29)22-25-12-20(30-22)23(27)9-5-6-10-23/h7-8,12,14-15,27H,5-6,9-11,13H2,1-4H3. The lowest BCUT2D eigenvalue weighted by Crippen LogP contribution is -2.20. The van der Waals surface area contributed by atoms with Crippen molar-refractivity contribution in [3.05, 3.63) is 45.7 Å². The maximum absolute atomic E-state index is 14.5. The summed E-state index contributed by atoms with van der Waals surface area (Å²) in [5.41, 5.74) is 0.896. The number of halogens is 1. The summed E-state index contributed by atoms with van der Waals surface area (Å²) in [7, 11) is -3.94. The molecule has 3 rings (SSSR count). The van der Waals surface area contributed by atoms with E-state index in [2.05, 4.69) is 4.98 Å². The lowest BCUT2D eigenvalue weighted by atomic mass is 9.86. The summed E-state index contributed by atoms with van der Waals surface area (Å²) < 4.78 is 40.1. The molecule has 1 heterocycles. The van der Waals surface area contributed by atoms with Crippen molar-refractivity contribution in [1.82, 2.24) is 4.98 Å². The summed E-state index contributed by atoms with van der Waals surface area (Å²) in [6.45, 7) is 7.65. The minimum atomic E-state index is -3.94. The van der Waals surface area contributed by atoms with Gasteiger partial charge in [0.1, 0.15) is 17.2 Å². The first-order valence-electron chi connectivity index (χ1n) is 10.7. The molecular formula is C23H30FNO4S2. The first kappa shape index (κ1) is 24.0. The Balaban J connectivity index is 1.84. The lowest BCUT2D eigenvalue weighted by Gasteiger charge is -2.20. The predicted octanol–water partition coefficient (Wildman–Crippen LogP) is 4.88. The van der Waals surface area contributed by atoms with Gasteiger partial charge in [0, 0.05) is 12.6 Å². The Bertz CT molecular complexity index is 1070. The summed E-state index contributed by atoms with van der Waals surface area (Å²) in [4.78, 5) is 17.3. The number of ketones is 1. The van der Waals surface area contributed by atoms with E-state index in [0.717, 1.165) is 29.7 Å². The molecule has 2 aromatic rings. The topological polar surface area (TPSA) is 84.3 Å². The number of hydrogen-bond acceptors (Lipinski definition) is 6. The summed E-state index contributed by atoms with van der Waals surface area (Å²) in [5.74, 6) is -1.62. The van der Waals surface area contributed by atoms with Gasteiger partial charge in [-0.05, 0) is 47.4 Å². The Morgan fingerprint density at radius 2 is 1.84 bits per heavy atom. The average Bonchev–Trinajstić information content (AvgIpc) is 3.31. The molecule has 170 valence electrons. The van der Waals surface area contributed by atoms with E-state index >= 15 is 0 Å². The van der Waals surface area contributed by atoms with Gasteiger partial charge >= 0.3 is 0 Å². The van der Waals surface area contributed by atoms with E-state index in [1.54, 1.807) is 6.07 Å². The normalized spacial score (nSPS) is 16.4. The van der Waals surface area contributed by atoms with E-state index in [1.807, 2.05) is 27.7 Å². The molecule has 0 radical (unpaired) electrons. The third kappa shape index (κ3) is 5.07. The number of Topliss-reactive ketones (excluding diaryl/α,β-unsaturated/α-hetero) is 1. The van der Waals surface area contributed by atoms with Crippen LogP contribution in [0.2, 0.25) is 0 Å². The smallest absolute Gasteiger partial charge is 0.212 e. The number of aromatic nitrogens is 1. The third-order valence-corrected chi connectivity index (χ3v) is 9.24. The van der Waals surface area contributed by atoms with Crippen LogP contribution < -0.4 is 0 Å². The zero-order chi connectivity index (χ0) is 23.0. The number of thiazole rings is 1. The number of nitrogens with zero attached hydrogens (tertiary/aromatic N) is 1. The highest BCUT2D eigenvalue weighted by atomic mass is 32.2. The average molecular weight is 468 g/mol. The van der Waals surface area contributed by atoms with Crippen LogP contribution in [0, 0.1) is 5.82 Å². The van der Waals surface area contributed by atoms with Gasteiger partial charge in [-0.25, -0.2) is 17.8 Å². The van der Waals surface area contributed by atoms with E-state index in [9.17, 15) is 22.7 Å². The zero-order valence-electron chi connectivity index (χ0n) is 18.4. The van der Waals surface area contributed by atoms with Crippen molar-refractivity contribution < 1.29 is 22.7 Å². The maximum atomic E-state index is 14.5. The lowest BCUT2D eigenvalue weighted by molar-refractivity contribution is -0.116. The molecule has 0 aliphatic heterocycles. The van der Waals surface area contributed by atoms with Crippen molar-refractivity contribution in [3.8, 4) is 0 Å². The van der Waals surface area contributed by atoms with Crippen LogP contribution in [-0.4, -0.2) is 30.0 Å². The number of carbonyl (C=O) groups is 1. The summed E-state index contributed by atoms with van der Waals surface area (Å²) >= 11 is 0.941. The second-order valence-electron chi connectivity index (χ2n) is 9.04. The van der Waals surface area contributed by atoms with Crippen molar-refractivity contribution in [2.45, 2.75) is 81.6 Å². The van der Waals surface area contributed by atoms with Gasteiger partial charge in [-0.3, -0.25) is 4.79 Å². The number of hydrogen-bond donors (Lipinski definition) is 1. The SMILES string of the molecule is CC(C)c1ccc(F)c(C(C)C)c1CC(=O)CS(=O)(=O)c1ncc(C2(O)CCCC2)s1. The van der Waals surface area contributed by atoms with Crippen LogP contribution in [0.5, 0.6) is 0 Å². The monoisotopic (exact) mass is 467 g/mol. The molecule has 0 saturated heterocycles. The number of carbonyl (C=O) groups excluding carboxylic acids is 1.